The quantitative estimate of drug-likeness (QED) is 0.642. The average Bonchev–Trinajstić information content (AvgIpc) is 2.77. The Morgan fingerprint density at radius 1 is 1.41 bits per heavy atom. The molecule has 0 aliphatic heterocycles. The first-order valence-electron chi connectivity index (χ1n) is 4.70. The predicted octanol–water partition coefficient (Wildman–Crippen LogP) is 2.59. The summed E-state index contributed by atoms with van der Waals surface area (Å²) in [7, 11) is 0. The second-order valence-corrected chi connectivity index (χ2v) is 4.14. The topological polar surface area (TPSA) is 70.2 Å². The van der Waals surface area contributed by atoms with Crippen LogP contribution < -0.4 is 4.74 Å². The molecule has 2 aromatic rings. The van der Waals surface area contributed by atoms with Crippen molar-refractivity contribution in [3.8, 4) is 5.75 Å². The molecule has 0 amide bonds. The molecule has 17 heavy (non-hydrogen) atoms. The van der Waals surface area contributed by atoms with Crippen molar-refractivity contribution in [2.24, 2.45) is 0 Å². The molecule has 0 fully saturated rings. The molecule has 6 nitrogen and oxygen atoms in total. The highest BCUT2D eigenvalue weighted by atomic mass is 79.9. The maximum Gasteiger partial charge on any atom is 0.307 e. The first kappa shape index (κ1) is 11.6. The van der Waals surface area contributed by atoms with Crippen molar-refractivity contribution >= 4 is 21.6 Å². The molecule has 0 spiro atoms. The maximum atomic E-state index is 10.4. The van der Waals surface area contributed by atoms with Crippen LogP contribution in [0.25, 0.3) is 0 Å². The van der Waals surface area contributed by atoms with E-state index in [2.05, 4.69) is 21.0 Å². The Hall–Kier alpha value is -1.89. The first-order valence-corrected chi connectivity index (χ1v) is 5.49. The lowest BCUT2D eigenvalue weighted by atomic mass is 10.3. The fourth-order valence-electron chi connectivity index (χ4n) is 1.19. The Morgan fingerprint density at radius 3 is 2.71 bits per heavy atom. The molecule has 1 heterocycles. The van der Waals surface area contributed by atoms with Crippen LogP contribution in [0.4, 0.5) is 5.69 Å². The van der Waals surface area contributed by atoms with Crippen molar-refractivity contribution in [1.29, 1.82) is 0 Å². The fourth-order valence-corrected chi connectivity index (χ4v) is 1.45. The van der Waals surface area contributed by atoms with Gasteiger partial charge in [-0.15, -0.1) is 0 Å². The molecule has 0 bridgehead atoms. The third-order valence-corrected chi connectivity index (χ3v) is 2.54. The molecular formula is C10H8BrN3O3. The molecule has 0 unspecified atom stereocenters. The van der Waals surface area contributed by atoms with Gasteiger partial charge >= 0.3 is 5.69 Å². The van der Waals surface area contributed by atoms with E-state index >= 15 is 0 Å². The zero-order valence-corrected chi connectivity index (χ0v) is 10.2. The SMILES string of the molecule is O=[N+]([O-])c1cnn(COc2ccc(Br)cc2)c1. The summed E-state index contributed by atoms with van der Waals surface area (Å²) in [4.78, 5) is 9.94. The molecule has 0 N–H and O–H groups in total. The molecule has 0 aliphatic carbocycles. The Morgan fingerprint density at radius 2 is 2.12 bits per heavy atom. The third-order valence-electron chi connectivity index (χ3n) is 2.01. The van der Waals surface area contributed by atoms with Gasteiger partial charge in [0.15, 0.2) is 6.73 Å². The molecule has 7 heteroatoms. The summed E-state index contributed by atoms with van der Waals surface area (Å²) in [6, 6.07) is 7.28. The van der Waals surface area contributed by atoms with Crippen molar-refractivity contribution in [2.45, 2.75) is 6.73 Å². The zero-order chi connectivity index (χ0) is 12.3. The molecule has 0 radical (unpaired) electrons. The van der Waals surface area contributed by atoms with Crippen LogP contribution in [0.2, 0.25) is 0 Å². The van der Waals surface area contributed by atoms with Crippen LogP contribution in [0, 0.1) is 10.1 Å². The van der Waals surface area contributed by atoms with Crippen LogP contribution in [0.15, 0.2) is 41.1 Å². The van der Waals surface area contributed by atoms with Crippen molar-refractivity contribution in [3.63, 3.8) is 0 Å². The maximum absolute atomic E-state index is 10.4. The lowest BCUT2D eigenvalue weighted by Gasteiger charge is -2.05. The highest BCUT2D eigenvalue weighted by Crippen LogP contribution is 2.16. The standard InChI is InChI=1S/C10H8BrN3O3/c11-8-1-3-10(4-2-8)17-7-13-6-9(5-12-13)14(15)16/h1-6H,7H2. The first-order chi connectivity index (χ1) is 8.15. The number of halogens is 1. The number of hydrogen-bond donors (Lipinski definition) is 0. The zero-order valence-electron chi connectivity index (χ0n) is 8.62. The molecule has 2 rings (SSSR count). The minimum Gasteiger partial charge on any atom is -0.471 e. The van der Waals surface area contributed by atoms with E-state index in [9.17, 15) is 10.1 Å². The summed E-state index contributed by atoms with van der Waals surface area (Å²) in [5, 5.41) is 14.2. The molecule has 1 aromatic heterocycles. The molecule has 0 saturated carbocycles. The van der Waals surface area contributed by atoms with Crippen LogP contribution in [-0.4, -0.2) is 14.7 Å². The molecule has 0 aliphatic rings. The number of hydrogen-bond acceptors (Lipinski definition) is 4. The van der Waals surface area contributed by atoms with Crippen LogP contribution in [0.1, 0.15) is 0 Å². The Bertz CT molecular complexity index is 524. The summed E-state index contributed by atoms with van der Waals surface area (Å²) in [6.45, 7) is 0.134. The smallest absolute Gasteiger partial charge is 0.307 e. The van der Waals surface area contributed by atoms with Crippen LogP contribution in [0.5, 0.6) is 5.75 Å². The van der Waals surface area contributed by atoms with E-state index in [1.165, 1.54) is 17.1 Å². The van der Waals surface area contributed by atoms with E-state index in [1.54, 1.807) is 12.1 Å². The van der Waals surface area contributed by atoms with Gasteiger partial charge in [-0.1, -0.05) is 15.9 Å². The summed E-state index contributed by atoms with van der Waals surface area (Å²) in [5.74, 6) is 0.673. The number of nitro groups is 1. The van der Waals surface area contributed by atoms with Crippen LogP contribution in [0.3, 0.4) is 0 Å². The largest absolute Gasteiger partial charge is 0.471 e. The third kappa shape index (κ3) is 3.04. The summed E-state index contributed by atoms with van der Waals surface area (Å²) >= 11 is 3.31. The lowest BCUT2D eigenvalue weighted by molar-refractivity contribution is -0.385. The number of benzene rings is 1. The second-order valence-electron chi connectivity index (χ2n) is 3.22. The number of ether oxygens (including phenoxy) is 1. The highest BCUT2D eigenvalue weighted by Gasteiger charge is 2.08. The van der Waals surface area contributed by atoms with E-state index in [-0.39, 0.29) is 12.4 Å². The molecule has 0 saturated heterocycles. The van der Waals surface area contributed by atoms with Gasteiger partial charge in [-0.2, -0.15) is 5.10 Å². The highest BCUT2D eigenvalue weighted by molar-refractivity contribution is 9.10. The normalized spacial score (nSPS) is 10.2. The van der Waals surface area contributed by atoms with Crippen molar-refractivity contribution in [1.82, 2.24) is 9.78 Å². The predicted molar refractivity (Wildman–Crippen MR) is 63.7 cm³/mol. The van der Waals surface area contributed by atoms with E-state index in [0.29, 0.717) is 5.75 Å². The van der Waals surface area contributed by atoms with Gasteiger partial charge < -0.3 is 4.74 Å². The van der Waals surface area contributed by atoms with E-state index in [0.717, 1.165) is 4.47 Å². The number of aromatic nitrogens is 2. The Kier molecular flexibility index (Phi) is 3.38. The van der Waals surface area contributed by atoms with Gasteiger partial charge in [-0.3, -0.25) is 10.1 Å². The van der Waals surface area contributed by atoms with Crippen molar-refractivity contribution in [3.05, 3.63) is 51.2 Å². The van der Waals surface area contributed by atoms with Gasteiger partial charge in [0.2, 0.25) is 0 Å². The second kappa shape index (κ2) is 4.96. The van der Waals surface area contributed by atoms with Crippen molar-refractivity contribution in [2.75, 3.05) is 0 Å². The minimum atomic E-state index is -0.497. The van der Waals surface area contributed by atoms with Gasteiger partial charge in [0, 0.05) is 4.47 Å². The van der Waals surface area contributed by atoms with Gasteiger partial charge in [-0.05, 0) is 24.3 Å². The average molecular weight is 298 g/mol. The van der Waals surface area contributed by atoms with Gasteiger partial charge in [0.1, 0.15) is 18.1 Å². The van der Waals surface area contributed by atoms with E-state index < -0.39 is 4.92 Å². The number of rotatable bonds is 4. The van der Waals surface area contributed by atoms with Crippen LogP contribution >= 0.6 is 15.9 Å². The summed E-state index contributed by atoms with van der Waals surface area (Å²) in [5.41, 5.74) is -0.0515. The van der Waals surface area contributed by atoms with Crippen molar-refractivity contribution < 1.29 is 9.66 Å². The summed E-state index contributed by atoms with van der Waals surface area (Å²) in [6.07, 6.45) is 2.50. The molecule has 0 atom stereocenters. The number of nitrogens with zero attached hydrogens (tertiary/aromatic N) is 3. The fraction of sp³-hybridized carbons (Fsp3) is 0.100. The molecule has 88 valence electrons. The molecular weight excluding hydrogens is 290 g/mol. The monoisotopic (exact) mass is 297 g/mol. The van der Waals surface area contributed by atoms with Crippen LogP contribution in [-0.2, 0) is 6.73 Å². The molecule has 1 aromatic carbocycles. The lowest BCUT2D eigenvalue weighted by Crippen LogP contribution is -2.05. The Labute approximate surface area is 105 Å². The minimum absolute atomic E-state index is 0.0515. The summed E-state index contributed by atoms with van der Waals surface area (Å²) < 4.78 is 7.72. The van der Waals surface area contributed by atoms with E-state index in [1.807, 2.05) is 12.1 Å². The van der Waals surface area contributed by atoms with Gasteiger partial charge in [0.05, 0.1) is 4.92 Å². The Balaban J connectivity index is 1.97. The van der Waals surface area contributed by atoms with E-state index in [4.69, 9.17) is 4.74 Å². The van der Waals surface area contributed by atoms with Gasteiger partial charge in [0.25, 0.3) is 0 Å². The van der Waals surface area contributed by atoms with Gasteiger partial charge in [-0.25, -0.2) is 4.68 Å².